The second-order valence-electron chi connectivity index (χ2n) is 3.78. The van der Waals surface area contributed by atoms with E-state index in [0.717, 1.165) is 11.3 Å². The summed E-state index contributed by atoms with van der Waals surface area (Å²) in [6.07, 6.45) is 1.89. The molecule has 16 heavy (non-hydrogen) atoms. The molecule has 1 amide bonds. The van der Waals surface area contributed by atoms with Crippen LogP contribution in [-0.2, 0) is 6.54 Å². The molecule has 2 heterocycles. The van der Waals surface area contributed by atoms with Crippen molar-refractivity contribution >= 4 is 23.2 Å². The van der Waals surface area contributed by atoms with Crippen LogP contribution in [0, 0.1) is 0 Å². The highest BCUT2D eigenvalue weighted by Gasteiger charge is 2.18. The highest BCUT2D eigenvalue weighted by Crippen LogP contribution is 2.25. The fraction of sp³-hybridized carbons (Fsp3) is 0.0833. The van der Waals surface area contributed by atoms with Crippen LogP contribution in [0.25, 0.3) is 0 Å². The first-order valence-electron chi connectivity index (χ1n) is 4.99. The van der Waals surface area contributed by atoms with Gasteiger partial charge in [0.25, 0.3) is 5.91 Å². The molecular formula is C12H9ClN2O. The third-order valence-corrected chi connectivity index (χ3v) is 2.95. The molecule has 1 aromatic heterocycles. The summed E-state index contributed by atoms with van der Waals surface area (Å²) in [6.45, 7) is 0.664. The van der Waals surface area contributed by atoms with Gasteiger partial charge in [0.2, 0.25) is 0 Å². The molecule has 0 radical (unpaired) electrons. The molecule has 3 nitrogen and oxygen atoms in total. The van der Waals surface area contributed by atoms with Crippen molar-refractivity contribution in [1.29, 1.82) is 0 Å². The van der Waals surface area contributed by atoms with E-state index in [1.807, 2.05) is 35.0 Å². The zero-order valence-corrected chi connectivity index (χ0v) is 9.16. The molecule has 1 N–H and O–H groups in total. The molecule has 1 aliphatic rings. The van der Waals surface area contributed by atoms with Gasteiger partial charge < -0.3 is 9.88 Å². The van der Waals surface area contributed by atoms with Crippen molar-refractivity contribution in [2.24, 2.45) is 0 Å². The van der Waals surface area contributed by atoms with Crippen molar-refractivity contribution in [3.8, 4) is 0 Å². The van der Waals surface area contributed by atoms with Gasteiger partial charge in [-0.2, -0.15) is 0 Å². The number of rotatable bonds is 0. The van der Waals surface area contributed by atoms with Crippen LogP contribution in [-0.4, -0.2) is 10.5 Å². The van der Waals surface area contributed by atoms with E-state index >= 15 is 0 Å². The lowest BCUT2D eigenvalue weighted by Gasteiger charge is -2.06. The van der Waals surface area contributed by atoms with Gasteiger partial charge in [-0.05, 0) is 35.9 Å². The molecule has 4 heteroatoms. The molecule has 2 aromatic rings. The topological polar surface area (TPSA) is 34.0 Å². The van der Waals surface area contributed by atoms with E-state index in [1.54, 1.807) is 6.07 Å². The van der Waals surface area contributed by atoms with E-state index in [-0.39, 0.29) is 5.91 Å². The minimum absolute atomic E-state index is 0.0777. The predicted octanol–water partition coefficient (Wildman–Crippen LogP) is 2.76. The quantitative estimate of drug-likeness (QED) is 0.745. The fourth-order valence-corrected chi connectivity index (χ4v) is 2.14. The van der Waals surface area contributed by atoms with Crippen molar-refractivity contribution in [2.75, 3.05) is 5.32 Å². The van der Waals surface area contributed by atoms with Crippen molar-refractivity contribution < 1.29 is 4.79 Å². The lowest BCUT2D eigenvalue weighted by atomic mass is 10.2. The van der Waals surface area contributed by atoms with Crippen LogP contribution in [0.2, 0.25) is 5.02 Å². The van der Waals surface area contributed by atoms with Crippen molar-refractivity contribution in [3.05, 3.63) is 52.8 Å². The summed E-state index contributed by atoms with van der Waals surface area (Å²) in [7, 11) is 0. The Hall–Kier alpha value is -1.74. The second kappa shape index (κ2) is 3.39. The largest absolute Gasteiger partial charge is 0.339 e. The van der Waals surface area contributed by atoms with Gasteiger partial charge >= 0.3 is 0 Å². The number of nitrogens with zero attached hydrogens (tertiary/aromatic N) is 1. The summed E-state index contributed by atoms with van der Waals surface area (Å²) >= 11 is 5.95. The van der Waals surface area contributed by atoms with Gasteiger partial charge in [0.05, 0.1) is 0 Å². The number of fused-ring (bicyclic) bond motifs is 2. The van der Waals surface area contributed by atoms with E-state index in [0.29, 0.717) is 17.3 Å². The molecule has 0 unspecified atom stereocenters. The van der Waals surface area contributed by atoms with Crippen LogP contribution in [0.5, 0.6) is 0 Å². The molecule has 3 rings (SSSR count). The standard InChI is InChI=1S/C12H9ClN2O/c13-9-3-4-10-8(6-9)7-15-5-1-2-11(15)12(16)14-10/h1-6H,7H2,(H,14,16). The first kappa shape index (κ1) is 9.48. The summed E-state index contributed by atoms with van der Waals surface area (Å²) in [5, 5.41) is 3.56. The highest BCUT2D eigenvalue weighted by atomic mass is 35.5. The summed E-state index contributed by atoms with van der Waals surface area (Å²) in [4.78, 5) is 11.8. The summed E-state index contributed by atoms with van der Waals surface area (Å²) in [5.74, 6) is -0.0777. The maximum atomic E-state index is 11.8. The molecule has 80 valence electrons. The van der Waals surface area contributed by atoms with Crippen molar-refractivity contribution in [2.45, 2.75) is 6.54 Å². The minimum atomic E-state index is -0.0777. The van der Waals surface area contributed by atoms with E-state index in [1.165, 1.54) is 0 Å². The third-order valence-electron chi connectivity index (χ3n) is 2.72. The third kappa shape index (κ3) is 1.41. The SMILES string of the molecule is O=C1Nc2ccc(Cl)cc2Cn2cccc21. The lowest BCUT2D eigenvalue weighted by molar-refractivity contribution is 0.102. The number of amides is 1. The number of carbonyl (C=O) groups excluding carboxylic acids is 1. The summed E-state index contributed by atoms with van der Waals surface area (Å²) in [5.41, 5.74) is 2.53. The van der Waals surface area contributed by atoms with E-state index in [9.17, 15) is 4.79 Å². The van der Waals surface area contributed by atoms with Gasteiger partial charge in [-0.25, -0.2) is 0 Å². The molecule has 0 atom stereocenters. The Morgan fingerprint density at radius 2 is 2.19 bits per heavy atom. The molecule has 0 saturated carbocycles. The Morgan fingerprint density at radius 1 is 1.31 bits per heavy atom. The summed E-state index contributed by atoms with van der Waals surface area (Å²) in [6, 6.07) is 9.17. The molecule has 0 fully saturated rings. The van der Waals surface area contributed by atoms with Gasteiger partial charge in [0.15, 0.2) is 0 Å². The molecule has 1 aromatic carbocycles. The summed E-state index contributed by atoms with van der Waals surface area (Å²) < 4.78 is 1.91. The zero-order chi connectivity index (χ0) is 11.1. The number of hydrogen-bond donors (Lipinski definition) is 1. The molecule has 0 aliphatic carbocycles. The van der Waals surface area contributed by atoms with Gasteiger partial charge in [-0.15, -0.1) is 0 Å². The van der Waals surface area contributed by atoms with Crippen LogP contribution in [0.3, 0.4) is 0 Å². The Morgan fingerprint density at radius 3 is 3.06 bits per heavy atom. The number of halogens is 1. The maximum Gasteiger partial charge on any atom is 0.272 e. The average Bonchev–Trinajstić information content (AvgIpc) is 2.65. The average molecular weight is 233 g/mol. The van der Waals surface area contributed by atoms with Gasteiger partial charge in [0.1, 0.15) is 5.69 Å². The van der Waals surface area contributed by atoms with Gasteiger partial charge in [-0.3, -0.25) is 4.79 Å². The van der Waals surface area contributed by atoms with Crippen molar-refractivity contribution in [3.63, 3.8) is 0 Å². The molecule has 0 spiro atoms. The second-order valence-corrected chi connectivity index (χ2v) is 4.21. The van der Waals surface area contributed by atoms with E-state index in [2.05, 4.69) is 5.32 Å². The Bertz CT molecular complexity index is 574. The van der Waals surface area contributed by atoms with E-state index in [4.69, 9.17) is 11.6 Å². The van der Waals surface area contributed by atoms with Gasteiger partial charge in [-0.1, -0.05) is 11.6 Å². The molecular weight excluding hydrogens is 224 g/mol. The van der Waals surface area contributed by atoms with Crippen molar-refractivity contribution in [1.82, 2.24) is 4.57 Å². The van der Waals surface area contributed by atoms with Gasteiger partial charge in [0, 0.05) is 23.5 Å². The lowest BCUT2D eigenvalue weighted by Crippen LogP contribution is -2.12. The minimum Gasteiger partial charge on any atom is -0.339 e. The highest BCUT2D eigenvalue weighted by molar-refractivity contribution is 6.30. The maximum absolute atomic E-state index is 11.8. The number of benzene rings is 1. The van der Waals surface area contributed by atoms with Crippen LogP contribution >= 0.6 is 11.6 Å². The number of carbonyl (C=O) groups is 1. The fourth-order valence-electron chi connectivity index (χ4n) is 1.94. The van der Waals surface area contributed by atoms with E-state index < -0.39 is 0 Å². The number of anilines is 1. The molecule has 1 aliphatic heterocycles. The zero-order valence-electron chi connectivity index (χ0n) is 8.40. The Kier molecular flexibility index (Phi) is 2.01. The number of hydrogen-bond acceptors (Lipinski definition) is 1. The first-order chi connectivity index (χ1) is 7.74. The number of aromatic nitrogens is 1. The first-order valence-corrected chi connectivity index (χ1v) is 5.37. The molecule has 0 saturated heterocycles. The van der Waals surface area contributed by atoms with Crippen LogP contribution in [0.15, 0.2) is 36.5 Å². The van der Waals surface area contributed by atoms with Crippen LogP contribution < -0.4 is 5.32 Å². The Balaban J connectivity index is 2.17. The number of nitrogens with one attached hydrogen (secondary N) is 1. The van der Waals surface area contributed by atoms with Crippen LogP contribution in [0.1, 0.15) is 16.1 Å². The van der Waals surface area contributed by atoms with Crippen LogP contribution in [0.4, 0.5) is 5.69 Å². The molecule has 0 bridgehead atoms. The smallest absolute Gasteiger partial charge is 0.272 e. The Labute approximate surface area is 97.6 Å². The normalized spacial score (nSPS) is 13.7. The predicted molar refractivity (Wildman–Crippen MR) is 62.9 cm³/mol. The monoisotopic (exact) mass is 232 g/mol.